The molecule has 0 aromatic heterocycles. The van der Waals surface area contributed by atoms with Crippen molar-refractivity contribution in [2.24, 2.45) is 0 Å². The van der Waals surface area contributed by atoms with Crippen LogP contribution in [0.1, 0.15) is 12.8 Å². The lowest BCUT2D eigenvalue weighted by atomic mass is 10.3. The summed E-state index contributed by atoms with van der Waals surface area (Å²) in [5, 5.41) is 0. The van der Waals surface area contributed by atoms with Crippen molar-refractivity contribution in [2.45, 2.75) is 22.6 Å². The average molecular weight is 394 g/mol. The molecule has 0 atom stereocenters. The molecule has 1 heterocycles. The maximum Gasteiger partial charge on any atom is 0.261 e. The molecular formula is C17H18N2O5S2. The van der Waals surface area contributed by atoms with Crippen LogP contribution in [-0.2, 0) is 24.7 Å². The molecule has 0 radical (unpaired) electrons. The van der Waals surface area contributed by atoms with Gasteiger partial charge >= 0.3 is 0 Å². The van der Waals surface area contributed by atoms with E-state index in [1.54, 1.807) is 17.0 Å². The summed E-state index contributed by atoms with van der Waals surface area (Å²) < 4.78 is 50.2. The van der Waals surface area contributed by atoms with Crippen molar-refractivity contribution < 1.29 is 21.6 Å². The van der Waals surface area contributed by atoms with E-state index in [-0.39, 0.29) is 21.4 Å². The van der Waals surface area contributed by atoms with E-state index in [2.05, 4.69) is 4.72 Å². The molecule has 3 rings (SSSR count). The van der Waals surface area contributed by atoms with Gasteiger partial charge in [0.1, 0.15) is 0 Å². The van der Waals surface area contributed by atoms with Crippen LogP contribution >= 0.6 is 0 Å². The highest BCUT2D eigenvalue weighted by atomic mass is 32.2. The zero-order valence-corrected chi connectivity index (χ0v) is 15.7. The predicted octanol–water partition coefficient (Wildman–Crippen LogP) is 2.02. The standard InChI is InChI=1S/C17H18N2O5S2/c1-25(21,22)15-8-4-13(5-9-15)18-26(23,24)16-10-6-14(7-11-16)19-12-2-3-17(19)20/h4-11,18H,2-3,12H2,1H3. The zero-order chi connectivity index (χ0) is 18.9. The van der Waals surface area contributed by atoms with Gasteiger partial charge in [0.2, 0.25) is 5.91 Å². The Kier molecular flexibility index (Phi) is 4.76. The quantitative estimate of drug-likeness (QED) is 0.836. The van der Waals surface area contributed by atoms with Crippen molar-refractivity contribution in [1.29, 1.82) is 0 Å². The van der Waals surface area contributed by atoms with E-state index in [0.717, 1.165) is 12.7 Å². The first-order chi connectivity index (χ1) is 12.2. The van der Waals surface area contributed by atoms with Crippen LogP contribution in [0.4, 0.5) is 11.4 Å². The summed E-state index contributed by atoms with van der Waals surface area (Å²) in [5.74, 6) is 0.0321. The van der Waals surface area contributed by atoms with Crippen molar-refractivity contribution >= 4 is 37.1 Å². The molecule has 0 unspecified atom stereocenters. The number of sulfone groups is 1. The number of benzene rings is 2. The molecule has 1 aliphatic rings. The van der Waals surface area contributed by atoms with Gasteiger partial charge in [0.15, 0.2) is 9.84 Å². The van der Waals surface area contributed by atoms with Crippen molar-refractivity contribution in [3.63, 3.8) is 0 Å². The Balaban J connectivity index is 1.78. The molecule has 0 bridgehead atoms. The van der Waals surface area contributed by atoms with E-state index < -0.39 is 19.9 Å². The summed E-state index contributed by atoms with van der Waals surface area (Å²) in [6.45, 7) is 0.635. The molecule has 1 fully saturated rings. The number of carbonyl (C=O) groups is 1. The summed E-state index contributed by atoms with van der Waals surface area (Å²) in [5.41, 5.74) is 0.931. The van der Waals surface area contributed by atoms with Crippen LogP contribution in [-0.4, -0.2) is 35.5 Å². The highest BCUT2D eigenvalue weighted by molar-refractivity contribution is 7.92. The minimum absolute atomic E-state index is 0.0321. The van der Waals surface area contributed by atoms with E-state index in [9.17, 15) is 21.6 Å². The number of amides is 1. The molecule has 9 heteroatoms. The molecule has 1 N–H and O–H groups in total. The second-order valence-electron chi connectivity index (χ2n) is 6.04. The minimum Gasteiger partial charge on any atom is -0.312 e. The van der Waals surface area contributed by atoms with Crippen LogP contribution in [0.3, 0.4) is 0 Å². The molecule has 2 aromatic carbocycles. The third-order valence-corrected chi connectivity index (χ3v) is 6.59. The van der Waals surface area contributed by atoms with Gasteiger partial charge in [-0.1, -0.05) is 0 Å². The predicted molar refractivity (Wildman–Crippen MR) is 98.4 cm³/mol. The van der Waals surface area contributed by atoms with Gasteiger partial charge in [0.05, 0.1) is 9.79 Å². The number of hydrogen-bond acceptors (Lipinski definition) is 5. The number of carbonyl (C=O) groups excluding carboxylic acids is 1. The molecule has 26 heavy (non-hydrogen) atoms. The second kappa shape index (κ2) is 6.73. The van der Waals surface area contributed by atoms with Gasteiger partial charge in [0.25, 0.3) is 10.0 Å². The van der Waals surface area contributed by atoms with Gasteiger partial charge < -0.3 is 4.90 Å². The van der Waals surface area contributed by atoms with E-state index in [4.69, 9.17) is 0 Å². The van der Waals surface area contributed by atoms with Crippen molar-refractivity contribution in [3.8, 4) is 0 Å². The second-order valence-corrected chi connectivity index (χ2v) is 9.74. The monoisotopic (exact) mass is 394 g/mol. The Morgan fingerprint density at radius 1 is 0.885 bits per heavy atom. The summed E-state index contributed by atoms with van der Waals surface area (Å²) in [6.07, 6.45) is 2.38. The fourth-order valence-corrected chi connectivity index (χ4v) is 4.40. The summed E-state index contributed by atoms with van der Waals surface area (Å²) in [7, 11) is -7.16. The Bertz CT molecular complexity index is 1030. The SMILES string of the molecule is CS(=O)(=O)c1ccc(NS(=O)(=O)c2ccc(N3CCCC3=O)cc2)cc1. The maximum absolute atomic E-state index is 12.5. The summed E-state index contributed by atoms with van der Waals surface area (Å²) in [4.78, 5) is 13.5. The molecular weight excluding hydrogens is 376 g/mol. The summed E-state index contributed by atoms with van der Waals surface area (Å²) in [6, 6.07) is 11.6. The van der Waals surface area contributed by atoms with Crippen molar-refractivity contribution in [3.05, 3.63) is 48.5 Å². The number of nitrogens with one attached hydrogen (secondary N) is 1. The normalized spacial score (nSPS) is 15.3. The fourth-order valence-electron chi connectivity index (χ4n) is 2.71. The lowest BCUT2D eigenvalue weighted by Crippen LogP contribution is -2.23. The molecule has 1 aliphatic heterocycles. The maximum atomic E-state index is 12.5. The minimum atomic E-state index is -3.82. The first-order valence-electron chi connectivity index (χ1n) is 7.90. The van der Waals surface area contributed by atoms with Crippen LogP contribution in [0.25, 0.3) is 0 Å². The first kappa shape index (κ1) is 18.4. The average Bonchev–Trinajstić information content (AvgIpc) is 3.00. The van der Waals surface area contributed by atoms with Gasteiger partial charge in [-0.15, -0.1) is 0 Å². The highest BCUT2D eigenvalue weighted by Crippen LogP contribution is 2.24. The molecule has 1 amide bonds. The molecule has 138 valence electrons. The number of rotatable bonds is 5. The molecule has 7 nitrogen and oxygen atoms in total. The number of hydrogen-bond donors (Lipinski definition) is 1. The lowest BCUT2D eigenvalue weighted by Gasteiger charge is -2.16. The molecule has 0 aliphatic carbocycles. The van der Waals surface area contributed by atoms with Crippen LogP contribution in [0.15, 0.2) is 58.3 Å². The van der Waals surface area contributed by atoms with Crippen LogP contribution < -0.4 is 9.62 Å². The van der Waals surface area contributed by atoms with E-state index in [1.807, 2.05) is 0 Å². The number of nitrogens with zero attached hydrogens (tertiary/aromatic N) is 1. The Morgan fingerprint density at radius 2 is 1.46 bits per heavy atom. The van der Waals surface area contributed by atoms with E-state index >= 15 is 0 Å². The van der Waals surface area contributed by atoms with Crippen molar-refractivity contribution in [2.75, 3.05) is 22.4 Å². The van der Waals surface area contributed by atoms with Crippen LogP contribution in [0.2, 0.25) is 0 Å². The Morgan fingerprint density at radius 3 is 1.96 bits per heavy atom. The van der Waals surface area contributed by atoms with Gasteiger partial charge in [0, 0.05) is 30.6 Å². The molecule has 0 spiro atoms. The number of anilines is 2. The molecule has 0 saturated carbocycles. The Hall–Kier alpha value is -2.39. The van der Waals surface area contributed by atoms with Gasteiger partial charge in [-0.2, -0.15) is 0 Å². The zero-order valence-electron chi connectivity index (χ0n) is 14.0. The van der Waals surface area contributed by atoms with Gasteiger partial charge in [-0.05, 0) is 55.0 Å². The fraction of sp³-hybridized carbons (Fsp3) is 0.235. The number of sulfonamides is 1. The van der Waals surface area contributed by atoms with Crippen molar-refractivity contribution in [1.82, 2.24) is 0 Å². The van der Waals surface area contributed by atoms with Gasteiger partial charge in [-0.3, -0.25) is 9.52 Å². The smallest absolute Gasteiger partial charge is 0.261 e. The third-order valence-electron chi connectivity index (χ3n) is 4.07. The third kappa shape index (κ3) is 3.88. The molecule has 2 aromatic rings. The molecule has 1 saturated heterocycles. The van der Waals surface area contributed by atoms with E-state index in [0.29, 0.717) is 18.7 Å². The largest absolute Gasteiger partial charge is 0.312 e. The van der Waals surface area contributed by atoms with Crippen LogP contribution in [0, 0.1) is 0 Å². The topological polar surface area (TPSA) is 101 Å². The lowest BCUT2D eigenvalue weighted by molar-refractivity contribution is -0.117. The summed E-state index contributed by atoms with van der Waals surface area (Å²) >= 11 is 0. The highest BCUT2D eigenvalue weighted by Gasteiger charge is 2.22. The first-order valence-corrected chi connectivity index (χ1v) is 11.3. The van der Waals surface area contributed by atoms with E-state index in [1.165, 1.54) is 36.4 Å². The van der Waals surface area contributed by atoms with Crippen LogP contribution in [0.5, 0.6) is 0 Å². The Labute approximate surface area is 152 Å². The van der Waals surface area contributed by atoms with Gasteiger partial charge in [-0.25, -0.2) is 16.8 Å².